The maximum Gasteiger partial charge on any atom is 0.125 e. The van der Waals surface area contributed by atoms with E-state index in [1.54, 1.807) is 0 Å². The Kier molecular flexibility index (Phi) is 2.34. The molecule has 0 heterocycles. The molecule has 0 amide bonds. The van der Waals surface area contributed by atoms with Gasteiger partial charge in [0.15, 0.2) is 0 Å². The third-order valence-electron chi connectivity index (χ3n) is 3.48. The van der Waals surface area contributed by atoms with Crippen LogP contribution in [0, 0.1) is 17.0 Å². The first kappa shape index (κ1) is 9.44. The zero-order chi connectivity index (χ0) is 9.47. The summed E-state index contributed by atoms with van der Waals surface area (Å²) in [6.45, 7) is 2.10. The van der Waals surface area contributed by atoms with Crippen LogP contribution in [0.25, 0.3) is 0 Å². The standard InChI is InChI=1S/C10H19NO2/c1-10(13-11(2)12)6-8-3-4-9(5-8)7-10/h8-9,11H,3-7H2,1-2H3. The smallest absolute Gasteiger partial charge is 0.125 e. The Labute approximate surface area is 79.6 Å². The van der Waals surface area contributed by atoms with Gasteiger partial charge in [-0.1, -0.05) is 12.8 Å². The summed E-state index contributed by atoms with van der Waals surface area (Å²) < 4.78 is 0. The SMILES string of the molecule is C[NH+]([O-])OC1(C)CC2CCC(C2)C1. The molecule has 0 spiro atoms. The molecule has 0 aliphatic heterocycles. The normalized spacial score (nSPS) is 46.4. The fourth-order valence-electron chi connectivity index (χ4n) is 3.28. The monoisotopic (exact) mass is 185 g/mol. The Morgan fingerprint density at radius 2 is 1.85 bits per heavy atom. The first-order valence-electron chi connectivity index (χ1n) is 5.27. The summed E-state index contributed by atoms with van der Waals surface area (Å²) in [6, 6.07) is 0. The van der Waals surface area contributed by atoms with Gasteiger partial charge in [0, 0.05) is 0 Å². The van der Waals surface area contributed by atoms with Crippen LogP contribution in [0.1, 0.15) is 39.0 Å². The molecule has 3 heteroatoms. The van der Waals surface area contributed by atoms with Gasteiger partial charge in [0.05, 0.1) is 7.05 Å². The average Bonchev–Trinajstić information content (AvgIpc) is 2.27. The van der Waals surface area contributed by atoms with Crippen molar-refractivity contribution in [2.75, 3.05) is 7.05 Å². The molecule has 2 fully saturated rings. The minimum absolute atomic E-state index is 0.121. The second-order valence-electron chi connectivity index (χ2n) is 5.00. The Hall–Kier alpha value is -0.120. The molecule has 13 heavy (non-hydrogen) atoms. The van der Waals surface area contributed by atoms with E-state index < -0.39 is 0 Å². The third kappa shape index (κ3) is 2.03. The van der Waals surface area contributed by atoms with Gasteiger partial charge in [-0.15, -0.1) is 0 Å². The minimum atomic E-state index is -0.143. The summed E-state index contributed by atoms with van der Waals surface area (Å²) in [5.41, 5.74) is -0.143. The van der Waals surface area contributed by atoms with Crippen molar-refractivity contribution < 1.29 is 10.1 Å². The van der Waals surface area contributed by atoms with Gasteiger partial charge in [0.25, 0.3) is 0 Å². The lowest BCUT2D eigenvalue weighted by molar-refractivity contribution is -1.05. The van der Waals surface area contributed by atoms with Gasteiger partial charge in [-0.3, -0.25) is 0 Å². The molecule has 2 rings (SSSR count). The number of quaternary nitrogens is 1. The molecule has 0 saturated heterocycles. The van der Waals surface area contributed by atoms with Gasteiger partial charge in [0.1, 0.15) is 5.60 Å². The number of hydrogen-bond donors (Lipinski definition) is 1. The number of fused-ring (bicyclic) bond motifs is 2. The number of hydrogen-bond acceptors (Lipinski definition) is 2. The van der Waals surface area contributed by atoms with Crippen molar-refractivity contribution in [1.82, 2.24) is 0 Å². The minimum Gasteiger partial charge on any atom is -0.600 e. The van der Waals surface area contributed by atoms with Gasteiger partial charge in [-0.25, -0.2) is 5.23 Å². The molecule has 3 nitrogen and oxygen atoms in total. The lowest BCUT2D eigenvalue weighted by Crippen LogP contribution is -3.04. The third-order valence-corrected chi connectivity index (χ3v) is 3.48. The first-order valence-corrected chi connectivity index (χ1v) is 5.27. The lowest BCUT2D eigenvalue weighted by Gasteiger charge is -2.37. The van der Waals surface area contributed by atoms with E-state index in [1.165, 1.54) is 26.3 Å². The summed E-state index contributed by atoms with van der Waals surface area (Å²) in [5, 5.41) is 10.8. The van der Waals surface area contributed by atoms with E-state index in [2.05, 4.69) is 6.92 Å². The molecule has 3 unspecified atom stereocenters. The maximum absolute atomic E-state index is 10.9. The Morgan fingerprint density at radius 1 is 1.31 bits per heavy atom. The molecule has 3 atom stereocenters. The Bertz CT molecular complexity index is 181. The van der Waals surface area contributed by atoms with Gasteiger partial charge in [0.2, 0.25) is 0 Å². The van der Waals surface area contributed by atoms with E-state index in [1.807, 2.05) is 0 Å². The van der Waals surface area contributed by atoms with Crippen molar-refractivity contribution >= 4 is 0 Å². The van der Waals surface area contributed by atoms with E-state index in [4.69, 9.17) is 4.84 Å². The summed E-state index contributed by atoms with van der Waals surface area (Å²) in [7, 11) is 1.52. The number of nitrogens with one attached hydrogen (secondary N) is 1. The zero-order valence-electron chi connectivity index (χ0n) is 8.51. The van der Waals surface area contributed by atoms with Crippen molar-refractivity contribution in [1.29, 1.82) is 0 Å². The van der Waals surface area contributed by atoms with Crippen molar-refractivity contribution in [3.63, 3.8) is 0 Å². The van der Waals surface area contributed by atoms with E-state index >= 15 is 0 Å². The molecular weight excluding hydrogens is 166 g/mol. The van der Waals surface area contributed by atoms with Crippen LogP contribution in [-0.2, 0) is 4.84 Å². The molecular formula is C10H19NO2. The van der Waals surface area contributed by atoms with E-state index in [0.29, 0.717) is 0 Å². The van der Waals surface area contributed by atoms with Crippen LogP contribution in [0.2, 0.25) is 0 Å². The topological polar surface area (TPSA) is 36.7 Å². The molecule has 1 N–H and O–H groups in total. The fourth-order valence-corrected chi connectivity index (χ4v) is 3.28. The Balaban J connectivity index is 1.99. The van der Waals surface area contributed by atoms with Crippen LogP contribution >= 0.6 is 0 Å². The van der Waals surface area contributed by atoms with Crippen LogP contribution < -0.4 is 5.23 Å². The first-order chi connectivity index (χ1) is 6.07. The highest BCUT2D eigenvalue weighted by Gasteiger charge is 2.43. The average molecular weight is 185 g/mol. The van der Waals surface area contributed by atoms with E-state index in [9.17, 15) is 5.21 Å². The van der Waals surface area contributed by atoms with Gasteiger partial charge in [-0.05, 0) is 38.0 Å². The summed E-state index contributed by atoms with van der Waals surface area (Å²) >= 11 is 0. The maximum atomic E-state index is 10.9. The number of rotatable bonds is 2. The fraction of sp³-hybridized carbons (Fsp3) is 1.00. The molecule has 2 aliphatic carbocycles. The molecule has 2 aliphatic rings. The Morgan fingerprint density at radius 3 is 2.31 bits per heavy atom. The van der Waals surface area contributed by atoms with Crippen LogP contribution in [-0.4, -0.2) is 12.6 Å². The van der Waals surface area contributed by atoms with Crippen LogP contribution in [0.5, 0.6) is 0 Å². The highest BCUT2D eigenvalue weighted by Crippen LogP contribution is 2.47. The number of hydroxylamine groups is 2. The van der Waals surface area contributed by atoms with Crippen molar-refractivity contribution in [2.45, 2.75) is 44.6 Å². The second-order valence-corrected chi connectivity index (χ2v) is 5.00. The van der Waals surface area contributed by atoms with Gasteiger partial charge < -0.3 is 5.21 Å². The predicted octanol–water partition coefficient (Wildman–Crippen LogP) is 0.899. The zero-order valence-corrected chi connectivity index (χ0v) is 8.51. The van der Waals surface area contributed by atoms with Crippen LogP contribution in [0.15, 0.2) is 0 Å². The predicted molar refractivity (Wildman–Crippen MR) is 49.8 cm³/mol. The molecule has 0 radical (unpaired) electrons. The summed E-state index contributed by atoms with van der Waals surface area (Å²) in [6.07, 6.45) is 6.24. The quantitative estimate of drug-likeness (QED) is 0.649. The molecule has 2 saturated carbocycles. The van der Waals surface area contributed by atoms with Crippen molar-refractivity contribution in [2.24, 2.45) is 11.8 Å². The highest BCUT2D eigenvalue weighted by molar-refractivity contribution is 4.92. The summed E-state index contributed by atoms with van der Waals surface area (Å²) in [5.74, 6) is 1.64. The largest absolute Gasteiger partial charge is 0.600 e. The van der Waals surface area contributed by atoms with E-state index in [-0.39, 0.29) is 10.8 Å². The lowest BCUT2D eigenvalue weighted by atomic mass is 9.79. The molecule has 76 valence electrons. The van der Waals surface area contributed by atoms with Crippen molar-refractivity contribution in [3.8, 4) is 0 Å². The molecule has 0 aromatic rings. The molecule has 0 aromatic carbocycles. The molecule has 2 bridgehead atoms. The van der Waals surface area contributed by atoms with Crippen LogP contribution in [0.4, 0.5) is 0 Å². The second kappa shape index (κ2) is 3.23. The van der Waals surface area contributed by atoms with E-state index in [0.717, 1.165) is 24.7 Å². The van der Waals surface area contributed by atoms with Crippen molar-refractivity contribution in [3.05, 3.63) is 5.21 Å². The van der Waals surface area contributed by atoms with Gasteiger partial charge in [-0.2, -0.15) is 4.84 Å². The van der Waals surface area contributed by atoms with Gasteiger partial charge >= 0.3 is 0 Å². The summed E-state index contributed by atoms with van der Waals surface area (Å²) in [4.78, 5) is 5.42. The molecule has 0 aromatic heterocycles. The highest BCUT2D eigenvalue weighted by atomic mass is 16.9. The van der Waals surface area contributed by atoms with Crippen LogP contribution in [0.3, 0.4) is 0 Å².